The van der Waals surface area contributed by atoms with Crippen LogP contribution < -0.4 is 9.62 Å². The molecule has 0 aliphatic heterocycles. The van der Waals surface area contributed by atoms with Gasteiger partial charge >= 0.3 is 0 Å². The molecular formula is C21H28N2O3S2. The van der Waals surface area contributed by atoms with Crippen molar-refractivity contribution in [3.8, 4) is 0 Å². The second kappa shape index (κ2) is 10.5. The third-order valence-electron chi connectivity index (χ3n) is 4.26. The highest BCUT2D eigenvalue weighted by Crippen LogP contribution is 2.23. The van der Waals surface area contributed by atoms with Crippen LogP contribution in [0.3, 0.4) is 0 Å². The van der Waals surface area contributed by atoms with Crippen LogP contribution in [0.15, 0.2) is 53.4 Å². The first-order valence-electron chi connectivity index (χ1n) is 9.33. The van der Waals surface area contributed by atoms with E-state index >= 15 is 0 Å². The Balaban J connectivity index is 1.86. The molecule has 0 fully saturated rings. The van der Waals surface area contributed by atoms with E-state index in [-0.39, 0.29) is 12.5 Å². The number of anilines is 1. The fraction of sp³-hybridized carbons (Fsp3) is 0.381. The molecule has 0 spiro atoms. The lowest BCUT2D eigenvalue weighted by Gasteiger charge is -2.24. The van der Waals surface area contributed by atoms with Gasteiger partial charge in [-0.05, 0) is 49.3 Å². The Labute approximate surface area is 172 Å². The van der Waals surface area contributed by atoms with E-state index in [9.17, 15) is 13.2 Å². The normalized spacial score (nSPS) is 11.2. The van der Waals surface area contributed by atoms with Gasteiger partial charge < -0.3 is 5.32 Å². The monoisotopic (exact) mass is 420 g/mol. The summed E-state index contributed by atoms with van der Waals surface area (Å²) in [6, 6.07) is 15.6. The molecule has 0 saturated heterocycles. The van der Waals surface area contributed by atoms with Gasteiger partial charge in [-0.25, -0.2) is 8.42 Å². The van der Waals surface area contributed by atoms with Crippen LogP contribution in [-0.2, 0) is 21.2 Å². The fourth-order valence-corrected chi connectivity index (χ4v) is 4.49. The number of rotatable bonds is 10. The van der Waals surface area contributed by atoms with Crippen molar-refractivity contribution < 1.29 is 13.2 Å². The van der Waals surface area contributed by atoms with Gasteiger partial charge in [0.25, 0.3) is 0 Å². The first kappa shape index (κ1) is 22.3. The molecule has 0 bridgehead atoms. The second-order valence-corrected chi connectivity index (χ2v) is 9.69. The van der Waals surface area contributed by atoms with Crippen LogP contribution in [0, 0.1) is 6.92 Å². The smallest absolute Gasteiger partial charge is 0.240 e. The van der Waals surface area contributed by atoms with E-state index in [0.717, 1.165) is 24.0 Å². The Bertz CT molecular complexity index is 881. The standard InChI is InChI=1S/C21H28N2O3S2/c1-4-18-8-5-6-9-20(18)23(28(3,25)26)16-21(24)22-14-7-15-27-19-12-10-17(2)11-13-19/h5-6,8-13H,4,7,14-16H2,1-3H3,(H,22,24). The highest BCUT2D eigenvalue weighted by molar-refractivity contribution is 7.99. The van der Waals surface area contributed by atoms with Crippen molar-refractivity contribution in [1.82, 2.24) is 5.32 Å². The molecule has 0 aromatic heterocycles. The molecule has 1 amide bonds. The van der Waals surface area contributed by atoms with E-state index < -0.39 is 10.0 Å². The maximum absolute atomic E-state index is 12.3. The lowest BCUT2D eigenvalue weighted by atomic mass is 10.1. The Morgan fingerprint density at radius 3 is 2.43 bits per heavy atom. The molecule has 7 heteroatoms. The molecule has 2 rings (SSSR count). The molecule has 0 aliphatic rings. The van der Waals surface area contributed by atoms with Gasteiger partial charge in [0, 0.05) is 11.4 Å². The highest BCUT2D eigenvalue weighted by Gasteiger charge is 2.22. The summed E-state index contributed by atoms with van der Waals surface area (Å²) < 4.78 is 25.7. The summed E-state index contributed by atoms with van der Waals surface area (Å²) in [6.07, 6.45) is 2.64. The minimum Gasteiger partial charge on any atom is -0.354 e. The predicted molar refractivity (Wildman–Crippen MR) is 118 cm³/mol. The van der Waals surface area contributed by atoms with Crippen molar-refractivity contribution >= 4 is 33.4 Å². The van der Waals surface area contributed by atoms with Crippen LogP contribution in [0.1, 0.15) is 24.5 Å². The number of carbonyl (C=O) groups excluding carboxylic acids is 1. The van der Waals surface area contributed by atoms with Crippen molar-refractivity contribution in [2.45, 2.75) is 31.6 Å². The molecule has 0 saturated carbocycles. The average molecular weight is 421 g/mol. The van der Waals surface area contributed by atoms with Gasteiger partial charge in [0.2, 0.25) is 15.9 Å². The zero-order valence-electron chi connectivity index (χ0n) is 16.6. The summed E-state index contributed by atoms with van der Waals surface area (Å²) in [7, 11) is -3.55. The Morgan fingerprint density at radius 2 is 1.79 bits per heavy atom. The summed E-state index contributed by atoms with van der Waals surface area (Å²) in [4.78, 5) is 13.5. The van der Waals surface area contributed by atoms with Gasteiger partial charge in [-0.1, -0.05) is 42.8 Å². The summed E-state index contributed by atoms with van der Waals surface area (Å²) in [6.45, 7) is 4.33. The molecule has 5 nitrogen and oxygen atoms in total. The molecule has 2 aromatic rings. The van der Waals surface area contributed by atoms with Crippen LogP contribution in [0.2, 0.25) is 0 Å². The lowest BCUT2D eigenvalue weighted by molar-refractivity contribution is -0.119. The molecule has 0 unspecified atom stereocenters. The van der Waals surface area contributed by atoms with E-state index in [0.29, 0.717) is 18.7 Å². The molecule has 0 heterocycles. The molecule has 0 radical (unpaired) electrons. The summed E-state index contributed by atoms with van der Waals surface area (Å²) >= 11 is 1.74. The molecule has 2 aromatic carbocycles. The quantitative estimate of drug-likeness (QED) is 0.471. The number of carbonyl (C=O) groups is 1. The number of aryl methyl sites for hydroxylation is 2. The van der Waals surface area contributed by atoms with Crippen LogP contribution in [0.5, 0.6) is 0 Å². The van der Waals surface area contributed by atoms with E-state index in [1.807, 2.05) is 19.1 Å². The van der Waals surface area contributed by atoms with Crippen molar-refractivity contribution in [2.75, 3.05) is 29.4 Å². The molecule has 1 N–H and O–H groups in total. The summed E-state index contributed by atoms with van der Waals surface area (Å²) in [5, 5.41) is 2.83. The van der Waals surface area contributed by atoms with Gasteiger partial charge in [-0.15, -0.1) is 11.8 Å². The predicted octanol–water partition coefficient (Wildman–Crippen LogP) is 3.62. The largest absolute Gasteiger partial charge is 0.354 e. The van der Waals surface area contributed by atoms with Crippen molar-refractivity contribution in [2.24, 2.45) is 0 Å². The molecular weight excluding hydrogens is 392 g/mol. The maximum atomic E-state index is 12.3. The van der Waals surface area contributed by atoms with E-state index in [2.05, 4.69) is 36.5 Å². The fourth-order valence-electron chi connectivity index (χ4n) is 2.75. The molecule has 0 aliphatic carbocycles. The number of hydrogen-bond donors (Lipinski definition) is 1. The minimum atomic E-state index is -3.55. The molecule has 152 valence electrons. The number of hydrogen-bond acceptors (Lipinski definition) is 4. The topological polar surface area (TPSA) is 66.5 Å². The second-order valence-electron chi connectivity index (χ2n) is 6.62. The van der Waals surface area contributed by atoms with Crippen molar-refractivity contribution in [3.63, 3.8) is 0 Å². The number of amides is 1. The minimum absolute atomic E-state index is 0.207. The SMILES string of the molecule is CCc1ccccc1N(CC(=O)NCCCSc1ccc(C)cc1)S(C)(=O)=O. The Kier molecular flexibility index (Phi) is 8.38. The van der Waals surface area contributed by atoms with E-state index in [1.54, 1.807) is 23.9 Å². The van der Waals surface area contributed by atoms with Crippen LogP contribution in [0.4, 0.5) is 5.69 Å². The van der Waals surface area contributed by atoms with Gasteiger partial charge in [0.1, 0.15) is 6.54 Å². The zero-order chi connectivity index (χ0) is 20.6. The third-order valence-corrected chi connectivity index (χ3v) is 6.49. The van der Waals surface area contributed by atoms with Gasteiger partial charge in [0.05, 0.1) is 11.9 Å². The van der Waals surface area contributed by atoms with Crippen molar-refractivity contribution in [1.29, 1.82) is 0 Å². The molecule has 0 atom stereocenters. The maximum Gasteiger partial charge on any atom is 0.240 e. The van der Waals surface area contributed by atoms with E-state index in [1.165, 1.54) is 14.8 Å². The van der Waals surface area contributed by atoms with Gasteiger partial charge in [-0.3, -0.25) is 9.10 Å². The summed E-state index contributed by atoms with van der Waals surface area (Å²) in [5.41, 5.74) is 2.70. The Morgan fingerprint density at radius 1 is 1.11 bits per heavy atom. The van der Waals surface area contributed by atoms with Crippen LogP contribution in [0.25, 0.3) is 0 Å². The number of nitrogens with one attached hydrogen (secondary N) is 1. The number of benzene rings is 2. The number of nitrogens with zero attached hydrogens (tertiary/aromatic N) is 1. The van der Waals surface area contributed by atoms with Crippen molar-refractivity contribution in [3.05, 3.63) is 59.7 Å². The van der Waals surface area contributed by atoms with Gasteiger partial charge in [-0.2, -0.15) is 0 Å². The average Bonchev–Trinajstić information content (AvgIpc) is 2.66. The van der Waals surface area contributed by atoms with Gasteiger partial charge in [0.15, 0.2) is 0 Å². The van der Waals surface area contributed by atoms with Crippen LogP contribution >= 0.6 is 11.8 Å². The lowest BCUT2D eigenvalue weighted by Crippen LogP contribution is -2.41. The molecule has 28 heavy (non-hydrogen) atoms. The third kappa shape index (κ3) is 6.87. The van der Waals surface area contributed by atoms with E-state index in [4.69, 9.17) is 0 Å². The highest BCUT2D eigenvalue weighted by atomic mass is 32.2. The first-order valence-corrected chi connectivity index (χ1v) is 12.2. The number of sulfonamides is 1. The number of thioether (sulfide) groups is 1. The zero-order valence-corrected chi connectivity index (χ0v) is 18.3. The Hall–Kier alpha value is -1.99. The summed E-state index contributed by atoms with van der Waals surface area (Å²) in [5.74, 6) is 0.592. The first-order chi connectivity index (χ1) is 13.3. The van der Waals surface area contributed by atoms with Crippen LogP contribution in [-0.4, -0.2) is 39.4 Å². The number of para-hydroxylation sites is 1.